The summed E-state index contributed by atoms with van der Waals surface area (Å²) >= 11 is 0.844. The Morgan fingerprint density at radius 3 is 2.17 bits per heavy atom. The van der Waals surface area contributed by atoms with Crippen molar-refractivity contribution in [1.82, 2.24) is 15.5 Å². The number of nitrogens with one attached hydrogen (secondary N) is 2. The monoisotopic (exact) mass is 519 g/mol. The molecule has 2 rings (SSSR count). The Bertz CT molecular complexity index is 976. The minimum atomic E-state index is -0.846. The van der Waals surface area contributed by atoms with Crippen LogP contribution in [0.5, 0.6) is 0 Å². The summed E-state index contributed by atoms with van der Waals surface area (Å²) < 4.78 is 4.56. The molecule has 1 aliphatic heterocycles. The molecule has 0 radical (unpaired) electrons. The van der Waals surface area contributed by atoms with Crippen molar-refractivity contribution >= 4 is 46.5 Å². The standard InChI is InChI=1S/C25H33N3O7S/c1-15(2)14-19(22(31)26-12-11-21(30)35-4)27-23(32)20(36-16(3)29)10-7-13-28-24(33)17-8-5-6-9-18(17)25(28)34/h5-6,8-9,15,19-20H,7,10-14H2,1-4H3,(H,26,31)(H,27,32)/t19-,20?/m0/s1. The third-order valence-electron chi connectivity index (χ3n) is 5.52. The van der Waals surface area contributed by atoms with Crippen LogP contribution in [0.15, 0.2) is 24.3 Å². The van der Waals surface area contributed by atoms with E-state index in [1.54, 1.807) is 24.3 Å². The fraction of sp³-hybridized carbons (Fsp3) is 0.520. The highest BCUT2D eigenvalue weighted by molar-refractivity contribution is 8.14. The number of esters is 1. The Balaban J connectivity index is 1.99. The molecule has 1 unspecified atom stereocenters. The first-order chi connectivity index (χ1) is 17.0. The van der Waals surface area contributed by atoms with Gasteiger partial charge in [0.2, 0.25) is 11.8 Å². The number of benzene rings is 1. The number of methoxy groups -OCH3 is 1. The van der Waals surface area contributed by atoms with Crippen molar-refractivity contribution in [2.75, 3.05) is 20.2 Å². The largest absolute Gasteiger partial charge is 0.469 e. The van der Waals surface area contributed by atoms with Gasteiger partial charge in [0.1, 0.15) is 6.04 Å². The van der Waals surface area contributed by atoms with Crippen LogP contribution in [0.3, 0.4) is 0 Å². The van der Waals surface area contributed by atoms with Gasteiger partial charge in [0, 0.05) is 20.0 Å². The Morgan fingerprint density at radius 1 is 1.03 bits per heavy atom. The van der Waals surface area contributed by atoms with Gasteiger partial charge in [0.25, 0.3) is 11.8 Å². The first kappa shape index (κ1) is 29.0. The van der Waals surface area contributed by atoms with E-state index in [1.807, 2.05) is 13.8 Å². The lowest BCUT2D eigenvalue weighted by Crippen LogP contribution is -2.50. The SMILES string of the molecule is COC(=O)CCNC(=O)[C@H](CC(C)C)NC(=O)C(CCCN1C(=O)c2ccccc2C1=O)SC(C)=O. The van der Waals surface area contributed by atoms with Crippen LogP contribution in [0.1, 0.15) is 67.2 Å². The van der Waals surface area contributed by atoms with E-state index >= 15 is 0 Å². The number of rotatable bonds is 13. The normalized spacial score (nSPS) is 14.3. The van der Waals surface area contributed by atoms with Gasteiger partial charge in [-0.25, -0.2) is 0 Å². The molecule has 0 bridgehead atoms. The lowest BCUT2D eigenvalue weighted by atomic mass is 10.0. The van der Waals surface area contributed by atoms with Gasteiger partial charge in [-0.05, 0) is 37.3 Å². The highest BCUT2D eigenvalue weighted by Crippen LogP contribution is 2.24. The number of hydrogen-bond donors (Lipinski definition) is 2. The van der Waals surface area contributed by atoms with E-state index in [0.29, 0.717) is 24.0 Å². The molecule has 1 heterocycles. The zero-order valence-corrected chi connectivity index (χ0v) is 21.8. The summed E-state index contributed by atoms with van der Waals surface area (Å²) in [5.41, 5.74) is 0.703. The van der Waals surface area contributed by atoms with Crippen molar-refractivity contribution in [3.63, 3.8) is 0 Å². The van der Waals surface area contributed by atoms with E-state index in [0.717, 1.165) is 16.7 Å². The van der Waals surface area contributed by atoms with Crippen molar-refractivity contribution in [3.8, 4) is 0 Å². The van der Waals surface area contributed by atoms with Crippen LogP contribution >= 0.6 is 11.8 Å². The number of amides is 4. The van der Waals surface area contributed by atoms with E-state index in [-0.39, 0.29) is 48.8 Å². The average Bonchev–Trinajstić information content (AvgIpc) is 3.07. The van der Waals surface area contributed by atoms with Crippen molar-refractivity contribution in [1.29, 1.82) is 0 Å². The fourth-order valence-electron chi connectivity index (χ4n) is 3.80. The van der Waals surface area contributed by atoms with E-state index in [2.05, 4.69) is 15.4 Å². The Kier molecular flexibility index (Phi) is 11.1. The van der Waals surface area contributed by atoms with Gasteiger partial charge >= 0.3 is 5.97 Å². The molecule has 11 heteroatoms. The lowest BCUT2D eigenvalue weighted by molar-refractivity contribution is -0.140. The number of fused-ring (bicyclic) bond motifs is 1. The molecule has 0 aliphatic carbocycles. The summed E-state index contributed by atoms with van der Waals surface area (Å²) in [7, 11) is 1.26. The van der Waals surface area contributed by atoms with Gasteiger partial charge in [-0.2, -0.15) is 0 Å². The third kappa shape index (κ3) is 8.18. The molecule has 10 nitrogen and oxygen atoms in total. The van der Waals surface area contributed by atoms with Crippen molar-refractivity contribution in [3.05, 3.63) is 35.4 Å². The summed E-state index contributed by atoms with van der Waals surface area (Å²) in [6, 6.07) is 5.74. The van der Waals surface area contributed by atoms with Gasteiger partial charge in [-0.1, -0.05) is 37.7 Å². The van der Waals surface area contributed by atoms with Gasteiger partial charge in [-0.15, -0.1) is 0 Å². The number of thioether (sulfide) groups is 1. The van der Waals surface area contributed by atoms with Gasteiger partial charge < -0.3 is 15.4 Å². The molecule has 4 amide bonds. The summed E-state index contributed by atoms with van der Waals surface area (Å²) in [4.78, 5) is 75.1. The van der Waals surface area contributed by atoms with E-state index in [9.17, 15) is 28.8 Å². The Hall–Kier alpha value is -3.21. The van der Waals surface area contributed by atoms with Crippen LogP contribution in [0, 0.1) is 5.92 Å². The minimum absolute atomic E-state index is 0.00517. The van der Waals surface area contributed by atoms with Crippen LogP contribution in [-0.4, -0.2) is 71.1 Å². The van der Waals surface area contributed by atoms with Crippen molar-refractivity contribution in [2.45, 2.75) is 57.7 Å². The second-order valence-electron chi connectivity index (χ2n) is 8.86. The zero-order chi connectivity index (χ0) is 26.8. The van der Waals surface area contributed by atoms with E-state index in [4.69, 9.17) is 0 Å². The predicted molar refractivity (Wildman–Crippen MR) is 134 cm³/mol. The topological polar surface area (TPSA) is 139 Å². The molecule has 2 N–H and O–H groups in total. The summed E-state index contributed by atoms with van der Waals surface area (Å²) in [5.74, 6) is -2.04. The molecule has 0 aromatic heterocycles. The number of imide groups is 1. The summed E-state index contributed by atoms with van der Waals surface area (Å²) in [5, 5.41) is 4.29. The number of nitrogens with zero attached hydrogens (tertiary/aromatic N) is 1. The van der Waals surface area contributed by atoms with Crippen LogP contribution in [0.4, 0.5) is 0 Å². The molecule has 0 fully saturated rings. The molecule has 0 saturated heterocycles. The lowest BCUT2D eigenvalue weighted by Gasteiger charge is -2.23. The average molecular weight is 520 g/mol. The van der Waals surface area contributed by atoms with Crippen LogP contribution in [-0.2, 0) is 23.9 Å². The molecule has 36 heavy (non-hydrogen) atoms. The molecule has 196 valence electrons. The number of carbonyl (C=O) groups is 6. The van der Waals surface area contributed by atoms with Gasteiger partial charge in [0.15, 0.2) is 5.12 Å². The van der Waals surface area contributed by atoms with Crippen LogP contribution in [0.2, 0.25) is 0 Å². The molecule has 0 spiro atoms. The molecule has 1 aliphatic rings. The number of hydrogen-bond acceptors (Lipinski definition) is 8. The maximum Gasteiger partial charge on any atom is 0.307 e. The predicted octanol–water partition coefficient (Wildman–Crippen LogP) is 1.92. The maximum absolute atomic E-state index is 13.1. The second-order valence-corrected chi connectivity index (χ2v) is 10.2. The third-order valence-corrected chi connectivity index (χ3v) is 6.59. The van der Waals surface area contributed by atoms with E-state index < -0.39 is 29.1 Å². The summed E-state index contributed by atoms with van der Waals surface area (Å²) in [6.07, 6.45) is 0.902. The molecule has 1 aromatic rings. The van der Waals surface area contributed by atoms with Crippen molar-refractivity contribution < 1.29 is 33.5 Å². The highest BCUT2D eigenvalue weighted by atomic mass is 32.2. The molecular weight excluding hydrogens is 486 g/mol. The van der Waals surface area contributed by atoms with E-state index in [1.165, 1.54) is 14.0 Å². The Morgan fingerprint density at radius 2 is 1.64 bits per heavy atom. The molecule has 2 atom stereocenters. The first-order valence-electron chi connectivity index (χ1n) is 11.8. The first-order valence-corrected chi connectivity index (χ1v) is 12.7. The molecule has 1 aromatic carbocycles. The second kappa shape index (κ2) is 13.8. The van der Waals surface area contributed by atoms with Gasteiger partial charge in [0.05, 0.1) is 29.9 Å². The zero-order valence-electron chi connectivity index (χ0n) is 21.0. The quantitative estimate of drug-likeness (QED) is 0.298. The number of carbonyl (C=O) groups excluding carboxylic acids is 6. The molecular formula is C25H33N3O7S. The van der Waals surface area contributed by atoms with Crippen LogP contribution < -0.4 is 10.6 Å². The minimum Gasteiger partial charge on any atom is -0.469 e. The summed E-state index contributed by atoms with van der Waals surface area (Å²) in [6.45, 7) is 5.34. The van der Waals surface area contributed by atoms with Gasteiger partial charge in [-0.3, -0.25) is 33.7 Å². The fourth-order valence-corrected chi connectivity index (χ4v) is 4.66. The van der Waals surface area contributed by atoms with Crippen LogP contribution in [0.25, 0.3) is 0 Å². The number of ether oxygens (including phenoxy) is 1. The maximum atomic E-state index is 13.1. The smallest absolute Gasteiger partial charge is 0.307 e. The highest BCUT2D eigenvalue weighted by Gasteiger charge is 2.35. The van der Waals surface area contributed by atoms with Crippen molar-refractivity contribution in [2.24, 2.45) is 5.92 Å². The Labute approximate surface area is 214 Å². The molecule has 0 saturated carbocycles.